The van der Waals surface area contributed by atoms with Crippen molar-refractivity contribution in [1.82, 2.24) is 19.9 Å². The normalized spacial score (nSPS) is 11.0. The van der Waals surface area contributed by atoms with Crippen LogP contribution in [-0.2, 0) is 6.42 Å². The topological polar surface area (TPSA) is 104 Å². The Kier molecular flexibility index (Phi) is 3.76. The maximum absolute atomic E-state index is 11.6. The molecule has 3 aromatic rings. The number of fused-ring (bicyclic) bond motifs is 1. The van der Waals surface area contributed by atoms with E-state index in [2.05, 4.69) is 39.1 Å². The number of nitrogens with zero attached hydrogens (tertiary/aromatic N) is 2. The molecule has 7 nitrogen and oxygen atoms in total. The van der Waals surface area contributed by atoms with Crippen LogP contribution in [0.5, 0.6) is 0 Å². The number of H-pyrrole nitrogens is 2. The van der Waals surface area contributed by atoms with Crippen LogP contribution in [0, 0.1) is 13.8 Å². The number of hydrogen-bond donors (Lipinski definition) is 3. The lowest BCUT2D eigenvalue weighted by Crippen LogP contribution is -2.25. The summed E-state index contributed by atoms with van der Waals surface area (Å²) in [6.45, 7) is 4.65. The second kappa shape index (κ2) is 5.72. The molecular weight excluding hydrogens is 302 g/mol. The maximum Gasteiger partial charge on any atom is 0.325 e. The zero-order valence-electron chi connectivity index (χ0n) is 12.2. The third kappa shape index (κ3) is 2.64. The van der Waals surface area contributed by atoms with Gasteiger partial charge in [0.15, 0.2) is 0 Å². The fourth-order valence-corrected chi connectivity index (χ4v) is 3.25. The quantitative estimate of drug-likeness (QED) is 0.673. The maximum atomic E-state index is 11.6. The van der Waals surface area contributed by atoms with E-state index >= 15 is 0 Å². The van der Waals surface area contributed by atoms with E-state index in [0.29, 0.717) is 18.5 Å². The van der Waals surface area contributed by atoms with Gasteiger partial charge in [-0.25, -0.2) is 14.8 Å². The molecule has 0 fully saturated rings. The Morgan fingerprint density at radius 3 is 2.86 bits per heavy atom. The predicted molar refractivity (Wildman–Crippen MR) is 86.8 cm³/mol. The van der Waals surface area contributed by atoms with Gasteiger partial charge in [0.05, 0.1) is 5.39 Å². The van der Waals surface area contributed by atoms with Gasteiger partial charge in [0.25, 0.3) is 5.56 Å². The van der Waals surface area contributed by atoms with Gasteiger partial charge in [-0.15, -0.1) is 11.3 Å². The zero-order chi connectivity index (χ0) is 15.7. The smallest absolute Gasteiger partial charge is 0.325 e. The molecule has 0 atom stereocenters. The van der Waals surface area contributed by atoms with Crippen LogP contribution in [-0.4, -0.2) is 26.5 Å². The molecule has 22 heavy (non-hydrogen) atoms. The average molecular weight is 317 g/mol. The third-order valence-electron chi connectivity index (χ3n) is 3.55. The molecule has 3 aromatic heterocycles. The average Bonchev–Trinajstić information content (AvgIpc) is 2.77. The fourth-order valence-electron chi connectivity index (χ4n) is 2.26. The number of rotatable bonds is 4. The van der Waals surface area contributed by atoms with E-state index in [1.54, 1.807) is 11.3 Å². The SMILES string of the molecule is Cc1sc2ncnc(NCCc3c[nH]c(=O)[nH]c3=O)c2c1C. The van der Waals surface area contributed by atoms with Gasteiger partial charge in [-0.1, -0.05) is 0 Å². The van der Waals surface area contributed by atoms with Crippen molar-refractivity contribution < 1.29 is 0 Å². The van der Waals surface area contributed by atoms with Crippen molar-refractivity contribution in [2.45, 2.75) is 20.3 Å². The standard InChI is InChI=1S/C14H15N5O2S/c1-7-8(2)22-13-10(7)11(17-6-18-13)15-4-3-9-5-16-14(21)19-12(9)20/h5-6H,3-4H2,1-2H3,(H,15,17,18)(H2,16,19,20,21). The van der Waals surface area contributed by atoms with E-state index in [1.165, 1.54) is 23.0 Å². The van der Waals surface area contributed by atoms with Crippen LogP contribution >= 0.6 is 11.3 Å². The summed E-state index contributed by atoms with van der Waals surface area (Å²) in [5.74, 6) is 0.771. The Balaban J connectivity index is 1.80. The first-order valence-corrected chi connectivity index (χ1v) is 7.63. The largest absolute Gasteiger partial charge is 0.369 e. The van der Waals surface area contributed by atoms with Crippen molar-refractivity contribution in [2.75, 3.05) is 11.9 Å². The van der Waals surface area contributed by atoms with Gasteiger partial charge in [-0.2, -0.15) is 0 Å². The molecule has 0 aliphatic carbocycles. The van der Waals surface area contributed by atoms with Crippen molar-refractivity contribution in [3.05, 3.63) is 49.4 Å². The molecule has 0 radical (unpaired) electrons. The van der Waals surface area contributed by atoms with E-state index < -0.39 is 5.69 Å². The number of nitrogens with one attached hydrogen (secondary N) is 3. The molecule has 0 bridgehead atoms. The lowest BCUT2D eigenvalue weighted by Gasteiger charge is -2.06. The van der Waals surface area contributed by atoms with E-state index in [1.807, 2.05) is 0 Å². The summed E-state index contributed by atoms with van der Waals surface area (Å²) in [6.07, 6.45) is 3.46. The summed E-state index contributed by atoms with van der Waals surface area (Å²) in [6, 6.07) is 0. The monoisotopic (exact) mass is 317 g/mol. The van der Waals surface area contributed by atoms with E-state index in [4.69, 9.17) is 0 Å². The van der Waals surface area contributed by atoms with Crippen molar-refractivity contribution in [1.29, 1.82) is 0 Å². The summed E-state index contributed by atoms with van der Waals surface area (Å²) in [7, 11) is 0. The van der Waals surface area contributed by atoms with Crippen LogP contribution in [0.3, 0.4) is 0 Å². The van der Waals surface area contributed by atoms with Crippen LogP contribution in [0.25, 0.3) is 10.2 Å². The first kappa shape index (κ1) is 14.5. The lowest BCUT2D eigenvalue weighted by molar-refractivity contribution is 0.924. The molecule has 3 N–H and O–H groups in total. The Morgan fingerprint density at radius 1 is 1.27 bits per heavy atom. The fraction of sp³-hybridized carbons (Fsp3) is 0.286. The van der Waals surface area contributed by atoms with Crippen LogP contribution in [0.4, 0.5) is 5.82 Å². The molecule has 0 saturated heterocycles. The predicted octanol–water partition coefficient (Wildman–Crippen LogP) is 1.34. The Labute approximate surface area is 129 Å². The molecule has 8 heteroatoms. The van der Waals surface area contributed by atoms with Crippen LogP contribution in [0.15, 0.2) is 22.1 Å². The van der Waals surface area contributed by atoms with Gasteiger partial charge in [0, 0.05) is 23.2 Å². The van der Waals surface area contributed by atoms with Crippen molar-refractivity contribution >= 4 is 27.4 Å². The number of aryl methyl sites for hydroxylation is 2. The Bertz CT molecular complexity index is 940. The van der Waals surface area contributed by atoms with Crippen molar-refractivity contribution in [3.63, 3.8) is 0 Å². The van der Waals surface area contributed by atoms with Gasteiger partial charge in [0.2, 0.25) is 0 Å². The van der Waals surface area contributed by atoms with Crippen LogP contribution in [0.1, 0.15) is 16.0 Å². The van der Waals surface area contributed by atoms with Gasteiger partial charge < -0.3 is 10.3 Å². The summed E-state index contributed by atoms with van der Waals surface area (Å²) in [5, 5.41) is 4.27. The molecule has 0 unspecified atom stereocenters. The number of aromatic amines is 2. The van der Waals surface area contributed by atoms with E-state index in [9.17, 15) is 9.59 Å². The minimum absolute atomic E-state index is 0.360. The minimum Gasteiger partial charge on any atom is -0.369 e. The summed E-state index contributed by atoms with van der Waals surface area (Å²) < 4.78 is 0. The zero-order valence-corrected chi connectivity index (χ0v) is 13.0. The molecule has 0 aliphatic heterocycles. The van der Waals surface area contributed by atoms with Gasteiger partial charge in [0.1, 0.15) is 17.0 Å². The Morgan fingerprint density at radius 2 is 2.09 bits per heavy atom. The van der Waals surface area contributed by atoms with Gasteiger partial charge >= 0.3 is 5.69 Å². The molecule has 114 valence electrons. The number of anilines is 1. The highest BCUT2D eigenvalue weighted by atomic mass is 32.1. The van der Waals surface area contributed by atoms with Crippen LogP contribution < -0.4 is 16.6 Å². The molecular formula is C14H15N5O2S. The summed E-state index contributed by atoms with van der Waals surface area (Å²) in [5.41, 5.74) is 0.838. The molecule has 3 heterocycles. The second-order valence-electron chi connectivity index (χ2n) is 4.96. The van der Waals surface area contributed by atoms with E-state index in [0.717, 1.165) is 16.0 Å². The summed E-state index contributed by atoms with van der Waals surface area (Å²) in [4.78, 5) is 38.0. The lowest BCUT2D eigenvalue weighted by atomic mass is 10.2. The Hall–Kier alpha value is -2.48. The molecule has 0 saturated carbocycles. The first-order valence-electron chi connectivity index (χ1n) is 6.81. The van der Waals surface area contributed by atoms with Crippen molar-refractivity contribution in [3.8, 4) is 0 Å². The minimum atomic E-state index is -0.497. The second-order valence-corrected chi connectivity index (χ2v) is 6.16. The van der Waals surface area contributed by atoms with Gasteiger partial charge in [-0.05, 0) is 25.8 Å². The molecule has 0 aliphatic rings. The number of aromatic nitrogens is 4. The number of hydrogen-bond acceptors (Lipinski definition) is 6. The molecule has 0 amide bonds. The highest BCUT2D eigenvalue weighted by molar-refractivity contribution is 7.18. The van der Waals surface area contributed by atoms with Gasteiger partial charge in [-0.3, -0.25) is 9.78 Å². The van der Waals surface area contributed by atoms with E-state index in [-0.39, 0.29) is 5.56 Å². The van der Waals surface area contributed by atoms with Crippen LogP contribution in [0.2, 0.25) is 0 Å². The third-order valence-corrected chi connectivity index (χ3v) is 4.66. The summed E-state index contributed by atoms with van der Waals surface area (Å²) >= 11 is 1.64. The highest BCUT2D eigenvalue weighted by Crippen LogP contribution is 2.32. The number of thiophene rings is 1. The highest BCUT2D eigenvalue weighted by Gasteiger charge is 2.11. The molecule has 3 rings (SSSR count). The van der Waals surface area contributed by atoms with Crippen molar-refractivity contribution in [2.24, 2.45) is 0 Å². The first-order chi connectivity index (χ1) is 10.6. The molecule has 0 spiro atoms. The molecule has 0 aromatic carbocycles.